The largest absolute Gasteiger partial charge is 0.457 e. The molecule has 0 bridgehead atoms. The monoisotopic (exact) mass is 407 g/mol. The van der Waals surface area contributed by atoms with E-state index in [2.05, 4.69) is 15.4 Å². The molecule has 0 saturated carbocycles. The number of imidazole rings is 1. The summed E-state index contributed by atoms with van der Waals surface area (Å²) >= 11 is 0. The number of nitrogens with two attached hydrogens (primary N) is 1. The number of para-hydroxylation sites is 3. The molecule has 30 heavy (non-hydrogen) atoms. The lowest BCUT2D eigenvalue weighted by atomic mass is 10.2. The molecule has 0 aliphatic heterocycles. The Hall–Kier alpha value is -3.94. The molecule has 1 heterocycles. The number of nitrogens with one attached hydrogen (secondary N) is 1. The van der Waals surface area contributed by atoms with Crippen molar-refractivity contribution in [2.45, 2.75) is 13.0 Å². The first-order chi connectivity index (χ1) is 14.6. The van der Waals surface area contributed by atoms with Crippen molar-refractivity contribution in [3.63, 3.8) is 0 Å². The van der Waals surface area contributed by atoms with E-state index >= 15 is 0 Å². The molecule has 3 N–H and O–H groups in total. The molecule has 4 aromatic rings. The van der Waals surface area contributed by atoms with Gasteiger partial charge in [-0.1, -0.05) is 42.5 Å². The fourth-order valence-electron chi connectivity index (χ4n) is 2.92. The molecule has 0 fully saturated rings. The van der Waals surface area contributed by atoms with E-state index in [4.69, 9.17) is 10.5 Å². The standard InChI is InChI=1S/C22H19F2N5O/c23-20(24)21-27-18-8-4-5-9-19(18)29(21)28-22(25)26-14-15-10-12-17(13-11-15)30-16-6-2-1-3-7-16/h1-13,20H,14H2,(H3,25,26,28). The number of alkyl halides is 2. The van der Waals surface area contributed by atoms with Crippen molar-refractivity contribution in [2.24, 2.45) is 10.7 Å². The summed E-state index contributed by atoms with van der Waals surface area (Å²) in [6.45, 7) is 0.279. The average Bonchev–Trinajstić information content (AvgIpc) is 3.13. The third kappa shape index (κ3) is 4.38. The van der Waals surface area contributed by atoms with Crippen LogP contribution >= 0.6 is 0 Å². The highest BCUT2D eigenvalue weighted by Gasteiger charge is 2.19. The van der Waals surface area contributed by atoms with Gasteiger partial charge in [0.15, 0.2) is 5.82 Å². The summed E-state index contributed by atoms with van der Waals surface area (Å²) in [5.74, 6) is 1.03. The minimum atomic E-state index is -2.75. The zero-order valence-corrected chi connectivity index (χ0v) is 15.9. The molecule has 0 radical (unpaired) electrons. The van der Waals surface area contributed by atoms with E-state index in [-0.39, 0.29) is 12.5 Å². The summed E-state index contributed by atoms with van der Waals surface area (Å²) in [6.07, 6.45) is -2.75. The van der Waals surface area contributed by atoms with Gasteiger partial charge in [0.2, 0.25) is 5.96 Å². The van der Waals surface area contributed by atoms with Crippen molar-refractivity contribution in [1.82, 2.24) is 9.66 Å². The number of halogens is 2. The molecule has 152 valence electrons. The molecule has 4 rings (SSSR count). The molecule has 0 aliphatic carbocycles. The predicted molar refractivity (Wildman–Crippen MR) is 112 cm³/mol. The number of hydrogen-bond donors (Lipinski definition) is 2. The van der Waals surface area contributed by atoms with E-state index in [0.29, 0.717) is 16.8 Å². The van der Waals surface area contributed by atoms with E-state index in [1.807, 2.05) is 54.6 Å². The SMILES string of the molecule is NC(=NCc1ccc(Oc2ccccc2)cc1)Nn1c(C(F)F)nc2ccccc21. The zero-order chi connectivity index (χ0) is 20.9. The van der Waals surface area contributed by atoms with Crippen LogP contribution in [0.2, 0.25) is 0 Å². The van der Waals surface area contributed by atoms with Crippen molar-refractivity contribution in [3.05, 3.63) is 90.3 Å². The Balaban J connectivity index is 1.45. The molecule has 8 heteroatoms. The second-order valence-electron chi connectivity index (χ2n) is 6.47. The Kier molecular flexibility index (Phi) is 5.56. The number of hydrogen-bond acceptors (Lipinski definition) is 3. The van der Waals surface area contributed by atoms with Gasteiger partial charge in [0.1, 0.15) is 11.5 Å². The molecule has 6 nitrogen and oxygen atoms in total. The lowest BCUT2D eigenvalue weighted by molar-refractivity contribution is 0.138. The van der Waals surface area contributed by atoms with Gasteiger partial charge in [0, 0.05) is 0 Å². The van der Waals surface area contributed by atoms with Gasteiger partial charge in [-0.05, 0) is 42.0 Å². The van der Waals surface area contributed by atoms with Crippen LogP contribution in [-0.4, -0.2) is 15.6 Å². The van der Waals surface area contributed by atoms with Crippen LogP contribution in [0.15, 0.2) is 83.9 Å². The summed E-state index contributed by atoms with van der Waals surface area (Å²) < 4.78 is 33.6. The topological polar surface area (TPSA) is 77.5 Å². The third-order valence-corrected chi connectivity index (χ3v) is 4.34. The zero-order valence-electron chi connectivity index (χ0n) is 15.9. The number of nitrogens with zero attached hydrogens (tertiary/aromatic N) is 3. The fourth-order valence-corrected chi connectivity index (χ4v) is 2.92. The van der Waals surface area contributed by atoms with Crippen LogP contribution in [0.25, 0.3) is 11.0 Å². The highest BCUT2D eigenvalue weighted by molar-refractivity contribution is 5.88. The van der Waals surface area contributed by atoms with E-state index in [1.165, 1.54) is 0 Å². The maximum Gasteiger partial charge on any atom is 0.297 e. The Morgan fingerprint density at radius 2 is 1.63 bits per heavy atom. The summed E-state index contributed by atoms with van der Waals surface area (Å²) in [5.41, 5.74) is 10.5. The molecular formula is C22H19F2N5O. The third-order valence-electron chi connectivity index (χ3n) is 4.34. The van der Waals surface area contributed by atoms with Crippen molar-refractivity contribution in [2.75, 3.05) is 5.43 Å². The highest BCUT2D eigenvalue weighted by atomic mass is 19.3. The fraction of sp³-hybridized carbons (Fsp3) is 0.0909. The molecule has 0 saturated heterocycles. The molecular weight excluding hydrogens is 388 g/mol. The van der Waals surface area contributed by atoms with Gasteiger partial charge in [0.25, 0.3) is 6.43 Å². The number of ether oxygens (including phenoxy) is 1. The van der Waals surface area contributed by atoms with E-state index in [1.54, 1.807) is 24.3 Å². The van der Waals surface area contributed by atoms with Gasteiger partial charge in [-0.15, -0.1) is 0 Å². The second kappa shape index (κ2) is 8.60. The van der Waals surface area contributed by atoms with Gasteiger partial charge in [-0.2, -0.15) is 0 Å². The smallest absolute Gasteiger partial charge is 0.297 e. The summed E-state index contributed by atoms with van der Waals surface area (Å²) in [4.78, 5) is 8.19. The van der Waals surface area contributed by atoms with Crippen LogP contribution in [0.4, 0.5) is 8.78 Å². The van der Waals surface area contributed by atoms with Crippen molar-refractivity contribution < 1.29 is 13.5 Å². The van der Waals surface area contributed by atoms with E-state index in [9.17, 15) is 8.78 Å². The Morgan fingerprint density at radius 1 is 0.967 bits per heavy atom. The lowest BCUT2D eigenvalue weighted by Crippen LogP contribution is -2.31. The van der Waals surface area contributed by atoms with Crippen LogP contribution in [0.3, 0.4) is 0 Å². The van der Waals surface area contributed by atoms with Gasteiger partial charge < -0.3 is 10.5 Å². The number of aromatic nitrogens is 2. The van der Waals surface area contributed by atoms with Gasteiger partial charge in [-0.25, -0.2) is 23.4 Å². The van der Waals surface area contributed by atoms with Crippen molar-refractivity contribution in [1.29, 1.82) is 0 Å². The van der Waals surface area contributed by atoms with Gasteiger partial charge in [0.05, 0.1) is 17.6 Å². The maximum absolute atomic E-state index is 13.3. The first kappa shape index (κ1) is 19.4. The first-order valence-electron chi connectivity index (χ1n) is 9.24. The van der Waals surface area contributed by atoms with E-state index in [0.717, 1.165) is 16.0 Å². The first-order valence-corrected chi connectivity index (χ1v) is 9.24. The molecule has 0 atom stereocenters. The molecule has 0 aliphatic rings. The lowest BCUT2D eigenvalue weighted by Gasteiger charge is -2.11. The molecule has 0 spiro atoms. The minimum Gasteiger partial charge on any atom is -0.457 e. The van der Waals surface area contributed by atoms with Crippen LogP contribution in [-0.2, 0) is 6.54 Å². The molecule has 1 aromatic heterocycles. The van der Waals surface area contributed by atoms with Crippen molar-refractivity contribution >= 4 is 17.0 Å². The number of fused-ring (bicyclic) bond motifs is 1. The Labute approximate surface area is 171 Å². The molecule has 3 aromatic carbocycles. The quantitative estimate of drug-likeness (QED) is 0.355. The Bertz CT molecular complexity index is 1160. The summed E-state index contributed by atoms with van der Waals surface area (Å²) in [5, 5.41) is 0. The number of guanidine groups is 1. The average molecular weight is 407 g/mol. The van der Waals surface area contributed by atoms with E-state index < -0.39 is 12.2 Å². The van der Waals surface area contributed by atoms with Crippen LogP contribution < -0.4 is 15.9 Å². The second-order valence-corrected chi connectivity index (χ2v) is 6.47. The van der Waals surface area contributed by atoms with Crippen LogP contribution in [0.1, 0.15) is 17.8 Å². The van der Waals surface area contributed by atoms with Crippen LogP contribution in [0, 0.1) is 0 Å². The van der Waals surface area contributed by atoms with Gasteiger partial charge in [-0.3, -0.25) is 5.43 Å². The van der Waals surface area contributed by atoms with Crippen LogP contribution in [0.5, 0.6) is 11.5 Å². The van der Waals surface area contributed by atoms with Gasteiger partial charge >= 0.3 is 0 Å². The predicted octanol–water partition coefficient (Wildman–Crippen LogP) is 4.82. The Morgan fingerprint density at radius 3 is 2.37 bits per heavy atom. The summed E-state index contributed by atoms with van der Waals surface area (Å²) in [7, 11) is 0. The number of benzene rings is 3. The molecule has 0 unspecified atom stereocenters. The molecule has 0 amide bonds. The minimum absolute atomic E-state index is 0.00432. The summed E-state index contributed by atoms with van der Waals surface area (Å²) in [6, 6.07) is 23.7. The van der Waals surface area contributed by atoms with Crippen molar-refractivity contribution in [3.8, 4) is 11.5 Å². The normalized spacial score (nSPS) is 11.8. The maximum atomic E-state index is 13.3. The number of aliphatic imine (C=N–C) groups is 1. The number of rotatable bonds is 6. The highest BCUT2D eigenvalue weighted by Crippen LogP contribution is 2.23.